The van der Waals surface area contributed by atoms with Crippen LogP contribution in [0.5, 0.6) is 11.5 Å². The molecule has 2 saturated heterocycles. The summed E-state index contributed by atoms with van der Waals surface area (Å²) in [5, 5.41) is 0. The molecule has 6 rings (SSSR count). The zero-order chi connectivity index (χ0) is 22.4. The van der Waals surface area contributed by atoms with Gasteiger partial charge in [-0.25, -0.2) is 9.69 Å². The molecule has 1 unspecified atom stereocenters. The van der Waals surface area contributed by atoms with Crippen LogP contribution in [-0.4, -0.2) is 54.2 Å². The Morgan fingerprint density at radius 2 is 1.64 bits per heavy atom. The Balaban J connectivity index is 1.24. The number of rotatable bonds is 4. The summed E-state index contributed by atoms with van der Waals surface area (Å²) in [5.41, 5.74) is 3.58. The van der Waals surface area contributed by atoms with Crippen molar-refractivity contribution in [1.82, 2.24) is 9.80 Å². The van der Waals surface area contributed by atoms with E-state index < -0.39 is 6.04 Å². The highest BCUT2D eigenvalue weighted by Crippen LogP contribution is 2.36. The van der Waals surface area contributed by atoms with Gasteiger partial charge in [-0.3, -0.25) is 9.69 Å². The van der Waals surface area contributed by atoms with E-state index in [1.807, 2.05) is 72.8 Å². The number of hydrogen-bond donors (Lipinski definition) is 0. The number of para-hydroxylation sites is 1. The van der Waals surface area contributed by atoms with Crippen LogP contribution in [0.1, 0.15) is 5.56 Å². The summed E-state index contributed by atoms with van der Waals surface area (Å²) in [6, 6.07) is 22.6. The van der Waals surface area contributed by atoms with Gasteiger partial charge in [-0.2, -0.15) is 0 Å². The van der Waals surface area contributed by atoms with Gasteiger partial charge in [0.25, 0.3) is 5.91 Å². The summed E-state index contributed by atoms with van der Waals surface area (Å²) >= 11 is 0. The van der Waals surface area contributed by atoms with Gasteiger partial charge in [0.1, 0.15) is 6.04 Å². The number of imide groups is 1. The number of benzene rings is 3. The highest BCUT2D eigenvalue weighted by molar-refractivity contribution is 6.23. The largest absolute Gasteiger partial charge is 0.454 e. The molecule has 3 aromatic carbocycles. The summed E-state index contributed by atoms with van der Waals surface area (Å²) in [6.45, 7) is 2.66. The number of fused-ring (bicyclic) bond motifs is 2. The van der Waals surface area contributed by atoms with Crippen LogP contribution in [0.15, 0.2) is 72.8 Å². The molecule has 3 aliphatic heterocycles. The van der Waals surface area contributed by atoms with Crippen LogP contribution in [0.25, 0.3) is 11.1 Å². The van der Waals surface area contributed by atoms with Gasteiger partial charge >= 0.3 is 6.03 Å². The number of amides is 3. The third-order valence-electron chi connectivity index (χ3n) is 6.48. The molecule has 0 aromatic heterocycles. The molecule has 33 heavy (non-hydrogen) atoms. The Morgan fingerprint density at radius 1 is 0.848 bits per heavy atom. The zero-order valence-electron chi connectivity index (χ0n) is 18.0. The molecule has 3 heterocycles. The van der Waals surface area contributed by atoms with Gasteiger partial charge in [-0.15, -0.1) is 0 Å². The SMILES string of the molecule is O=C1C2CN(Cc3ccc4c(c3)OCO4)CCN2C(=O)N1c1ccccc1-c1ccccc1. The van der Waals surface area contributed by atoms with Crippen LogP contribution in [0.2, 0.25) is 0 Å². The lowest BCUT2D eigenvalue weighted by Gasteiger charge is -2.35. The van der Waals surface area contributed by atoms with Crippen molar-refractivity contribution >= 4 is 17.6 Å². The summed E-state index contributed by atoms with van der Waals surface area (Å²) in [7, 11) is 0. The van der Waals surface area contributed by atoms with Crippen molar-refractivity contribution in [3.05, 3.63) is 78.4 Å². The number of carbonyl (C=O) groups is 2. The summed E-state index contributed by atoms with van der Waals surface area (Å²) in [5.74, 6) is 1.34. The predicted molar refractivity (Wildman–Crippen MR) is 123 cm³/mol. The first-order valence-corrected chi connectivity index (χ1v) is 11.1. The van der Waals surface area contributed by atoms with Gasteiger partial charge in [0.2, 0.25) is 6.79 Å². The van der Waals surface area contributed by atoms with E-state index in [9.17, 15) is 9.59 Å². The summed E-state index contributed by atoms with van der Waals surface area (Å²) in [6.07, 6.45) is 0. The van der Waals surface area contributed by atoms with Gasteiger partial charge in [0.15, 0.2) is 11.5 Å². The quantitative estimate of drug-likeness (QED) is 0.578. The maximum atomic E-state index is 13.5. The Bertz CT molecular complexity index is 1230. The van der Waals surface area contributed by atoms with Crippen LogP contribution in [-0.2, 0) is 11.3 Å². The van der Waals surface area contributed by atoms with Crippen molar-refractivity contribution in [2.45, 2.75) is 12.6 Å². The normalized spacial score (nSPS) is 19.8. The number of nitrogens with zero attached hydrogens (tertiary/aromatic N) is 3. The van der Waals surface area contributed by atoms with E-state index in [-0.39, 0.29) is 18.7 Å². The predicted octanol–water partition coefficient (Wildman–Crippen LogP) is 3.74. The van der Waals surface area contributed by atoms with Gasteiger partial charge in [-0.05, 0) is 29.3 Å². The third kappa shape index (κ3) is 3.41. The second kappa shape index (κ2) is 7.94. The molecule has 7 heteroatoms. The molecule has 166 valence electrons. The van der Waals surface area contributed by atoms with E-state index in [4.69, 9.17) is 9.47 Å². The number of hydrogen-bond acceptors (Lipinski definition) is 5. The molecule has 0 saturated carbocycles. The van der Waals surface area contributed by atoms with Crippen LogP contribution in [0, 0.1) is 0 Å². The molecule has 0 N–H and O–H groups in total. The topological polar surface area (TPSA) is 62.3 Å². The second-order valence-electron chi connectivity index (χ2n) is 8.47. The van der Waals surface area contributed by atoms with Crippen LogP contribution in [0.3, 0.4) is 0 Å². The minimum absolute atomic E-state index is 0.168. The van der Waals surface area contributed by atoms with Crippen LogP contribution >= 0.6 is 0 Å². The minimum atomic E-state index is -0.482. The Labute approximate surface area is 191 Å². The van der Waals surface area contributed by atoms with E-state index in [1.54, 1.807) is 4.90 Å². The van der Waals surface area contributed by atoms with Gasteiger partial charge < -0.3 is 14.4 Å². The summed E-state index contributed by atoms with van der Waals surface area (Å²) < 4.78 is 10.9. The van der Waals surface area contributed by atoms with Gasteiger partial charge in [-0.1, -0.05) is 54.6 Å². The molecule has 0 spiro atoms. The van der Waals surface area contributed by atoms with Crippen LogP contribution in [0.4, 0.5) is 10.5 Å². The number of piperazine rings is 1. The summed E-state index contributed by atoms with van der Waals surface area (Å²) in [4.78, 5) is 32.1. The molecule has 2 fully saturated rings. The molecule has 0 bridgehead atoms. The van der Waals surface area contributed by atoms with E-state index in [0.717, 1.165) is 28.2 Å². The molecule has 0 radical (unpaired) electrons. The molecule has 3 amide bonds. The van der Waals surface area contributed by atoms with Crippen molar-refractivity contribution in [2.75, 3.05) is 31.3 Å². The molecule has 3 aliphatic rings. The molecule has 3 aromatic rings. The Hall–Kier alpha value is -3.84. The van der Waals surface area contributed by atoms with Gasteiger partial charge in [0.05, 0.1) is 5.69 Å². The van der Waals surface area contributed by atoms with Crippen molar-refractivity contribution < 1.29 is 19.1 Å². The Morgan fingerprint density at radius 3 is 2.52 bits per heavy atom. The molecular formula is C26H23N3O4. The van der Waals surface area contributed by atoms with E-state index in [0.29, 0.717) is 31.9 Å². The second-order valence-corrected chi connectivity index (χ2v) is 8.47. The van der Waals surface area contributed by atoms with Crippen LogP contribution < -0.4 is 14.4 Å². The standard InChI is InChI=1S/C26H23N3O4/c30-25-22-16-27(15-18-10-11-23-24(14-18)33-17-32-23)12-13-28(22)26(31)29(25)21-9-5-4-8-20(21)19-6-2-1-3-7-19/h1-11,14,22H,12-13,15-17H2. The maximum Gasteiger partial charge on any atom is 0.332 e. The first-order valence-electron chi connectivity index (χ1n) is 11.1. The average Bonchev–Trinajstić information content (AvgIpc) is 3.42. The Kier molecular flexibility index (Phi) is 4.77. The first kappa shape index (κ1) is 19.8. The van der Waals surface area contributed by atoms with E-state index in [2.05, 4.69) is 4.90 Å². The van der Waals surface area contributed by atoms with Gasteiger partial charge in [0, 0.05) is 31.7 Å². The lowest BCUT2D eigenvalue weighted by atomic mass is 10.0. The molecular weight excluding hydrogens is 418 g/mol. The van der Waals surface area contributed by atoms with Crippen molar-refractivity contribution in [1.29, 1.82) is 0 Å². The molecule has 7 nitrogen and oxygen atoms in total. The number of urea groups is 1. The molecule has 1 atom stereocenters. The monoisotopic (exact) mass is 441 g/mol. The van der Waals surface area contributed by atoms with Crippen molar-refractivity contribution in [3.63, 3.8) is 0 Å². The highest BCUT2D eigenvalue weighted by atomic mass is 16.7. The number of carbonyl (C=O) groups excluding carboxylic acids is 2. The zero-order valence-corrected chi connectivity index (χ0v) is 18.0. The minimum Gasteiger partial charge on any atom is -0.454 e. The average molecular weight is 441 g/mol. The fraction of sp³-hybridized carbons (Fsp3) is 0.231. The first-order chi connectivity index (χ1) is 16.2. The van der Waals surface area contributed by atoms with Crippen molar-refractivity contribution in [2.24, 2.45) is 0 Å². The fourth-order valence-corrected chi connectivity index (χ4v) is 4.84. The smallest absolute Gasteiger partial charge is 0.332 e. The number of anilines is 1. The highest BCUT2D eigenvalue weighted by Gasteiger charge is 2.48. The number of ether oxygens (including phenoxy) is 2. The lowest BCUT2D eigenvalue weighted by Crippen LogP contribution is -2.52. The van der Waals surface area contributed by atoms with E-state index >= 15 is 0 Å². The lowest BCUT2D eigenvalue weighted by molar-refractivity contribution is -0.121. The molecule has 0 aliphatic carbocycles. The fourth-order valence-electron chi connectivity index (χ4n) is 4.84. The van der Waals surface area contributed by atoms with Crippen molar-refractivity contribution in [3.8, 4) is 22.6 Å². The van der Waals surface area contributed by atoms with E-state index in [1.165, 1.54) is 4.90 Å². The third-order valence-corrected chi connectivity index (χ3v) is 6.48. The maximum absolute atomic E-state index is 13.5.